The van der Waals surface area contributed by atoms with Crippen LogP contribution in [0.3, 0.4) is 0 Å². The zero-order chi connectivity index (χ0) is 19.7. The van der Waals surface area contributed by atoms with E-state index in [0.29, 0.717) is 5.92 Å². The zero-order valence-corrected chi connectivity index (χ0v) is 17.1. The average molecular weight is 363 g/mol. The molecule has 2 radical (unpaired) electrons. The van der Waals surface area contributed by atoms with Crippen LogP contribution >= 0.6 is 0 Å². The molecule has 0 amide bonds. The number of hydrogen-bond acceptors (Lipinski definition) is 0. The van der Waals surface area contributed by atoms with Crippen molar-refractivity contribution < 1.29 is 0 Å². The molecule has 0 bridgehead atoms. The molecule has 2 atom stereocenters. The van der Waals surface area contributed by atoms with Crippen molar-refractivity contribution in [2.75, 3.05) is 0 Å². The van der Waals surface area contributed by atoms with Gasteiger partial charge in [0.15, 0.2) is 0 Å². The van der Waals surface area contributed by atoms with Gasteiger partial charge in [-0.25, -0.2) is 0 Å². The summed E-state index contributed by atoms with van der Waals surface area (Å²) in [5.74, 6) is 0.641. The van der Waals surface area contributed by atoms with Crippen LogP contribution in [0.5, 0.6) is 0 Å². The normalized spacial score (nSPS) is 18.8. The summed E-state index contributed by atoms with van der Waals surface area (Å²) in [7, 11) is 0. The first-order valence-corrected chi connectivity index (χ1v) is 9.99. The molecule has 0 aliphatic heterocycles. The molecule has 1 aliphatic carbocycles. The lowest BCUT2D eigenvalue weighted by atomic mass is 9.79. The maximum absolute atomic E-state index is 3.76. The molecule has 0 saturated carbocycles. The first-order chi connectivity index (χ1) is 13.5. The minimum absolute atomic E-state index is 0.230. The molecule has 1 aliphatic rings. The van der Waals surface area contributed by atoms with Crippen molar-refractivity contribution in [1.29, 1.82) is 0 Å². The van der Waals surface area contributed by atoms with Crippen molar-refractivity contribution >= 4 is 5.57 Å². The van der Waals surface area contributed by atoms with Crippen LogP contribution in [0.25, 0.3) is 16.7 Å². The van der Waals surface area contributed by atoms with Crippen LogP contribution < -0.4 is 0 Å². The molecule has 0 heteroatoms. The molecule has 28 heavy (non-hydrogen) atoms. The van der Waals surface area contributed by atoms with Gasteiger partial charge in [-0.1, -0.05) is 84.8 Å². The third-order valence-corrected chi connectivity index (χ3v) is 5.64. The fourth-order valence-electron chi connectivity index (χ4n) is 3.82. The molecular formula is C28H26. The Labute approximate surface area is 169 Å². The van der Waals surface area contributed by atoms with Crippen LogP contribution in [-0.4, -0.2) is 0 Å². The van der Waals surface area contributed by atoms with Crippen molar-refractivity contribution in [3.63, 3.8) is 0 Å². The molecule has 4 rings (SSSR count). The van der Waals surface area contributed by atoms with Crippen molar-refractivity contribution in [1.82, 2.24) is 0 Å². The van der Waals surface area contributed by atoms with Crippen LogP contribution in [0.15, 0.2) is 72.8 Å². The SMILES string of the molecule is Cc1ccc(C2=[C]C(c3[c]cc(-c4ccc(C)cc4)cc3C)C(C)C=C2)cc1. The van der Waals surface area contributed by atoms with Crippen LogP contribution in [0.2, 0.25) is 0 Å². The Bertz CT molecular complexity index is 1030. The monoisotopic (exact) mass is 362 g/mol. The quantitative estimate of drug-likeness (QED) is 0.460. The second kappa shape index (κ2) is 7.64. The lowest BCUT2D eigenvalue weighted by Crippen LogP contribution is -2.11. The highest BCUT2D eigenvalue weighted by Gasteiger charge is 2.22. The predicted molar refractivity (Wildman–Crippen MR) is 119 cm³/mol. The molecule has 138 valence electrons. The van der Waals surface area contributed by atoms with Gasteiger partial charge in [-0.3, -0.25) is 0 Å². The van der Waals surface area contributed by atoms with Crippen molar-refractivity contribution in [3.8, 4) is 11.1 Å². The molecule has 0 N–H and O–H groups in total. The highest BCUT2D eigenvalue weighted by atomic mass is 14.3. The molecular weight excluding hydrogens is 336 g/mol. The van der Waals surface area contributed by atoms with E-state index in [0.717, 1.165) is 0 Å². The van der Waals surface area contributed by atoms with Gasteiger partial charge < -0.3 is 0 Å². The van der Waals surface area contributed by atoms with Gasteiger partial charge in [0.05, 0.1) is 0 Å². The molecule has 2 unspecified atom stereocenters. The van der Waals surface area contributed by atoms with E-state index in [1.807, 2.05) is 0 Å². The molecule has 0 spiro atoms. The summed E-state index contributed by atoms with van der Waals surface area (Å²) in [6.45, 7) is 8.70. The number of allylic oxidation sites excluding steroid dienone is 4. The fourth-order valence-corrected chi connectivity index (χ4v) is 3.82. The van der Waals surface area contributed by atoms with Gasteiger partial charge >= 0.3 is 0 Å². The summed E-state index contributed by atoms with van der Waals surface area (Å²) in [5, 5.41) is 0. The second-order valence-electron chi connectivity index (χ2n) is 7.97. The summed E-state index contributed by atoms with van der Waals surface area (Å²) in [4.78, 5) is 0. The van der Waals surface area contributed by atoms with E-state index in [1.54, 1.807) is 0 Å². The van der Waals surface area contributed by atoms with Crippen molar-refractivity contribution in [2.24, 2.45) is 5.92 Å². The number of rotatable bonds is 3. The van der Waals surface area contributed by atoms with E-state index in [-0.39, 0.29) is 5.92 Å². The third kappa shape index (κ3) is 3.73. The maximum Gasteiger partial charge on any atom is 0.0168 e. The Morgan fingerprint density at radius 2 is 1.36 bits per heavy atom. The molecule has 3 aromatic carbocycles. The van der Waals surface area contributed by atoms with E-state index >= 15 is 0 Å². The highest BCUT2D eigenvalue weighted by Crippen LogP contribution is 2.37. The summed E-state index contributed by atoms with van der Waals surface area (Å²) in [6, 6.07) is 25.4. The Kier molecular flexibility index (Phi) is 5.05. The zero-order valence-electron chi connectivity index (χ0n) is 17.1. The van der Waals surface area contributed by atoms with Crippen molar-refractivity contribution in [2.45, 2.75) is 33.6 Å². The van der Waals surface area contributed by atoms with Crippen LogP contribution in [0.1, 0.15) is 40.7 Å². The van der Waals surface area contributed by atoms with Crippen LogP contribution in [-0.2, 0) is 0 Å². The lowest BCUT2D eigenvalue weighted by Gasteiger charge is -2.25. The first kappa shape index (κ1) is 18.5. The Hall–Kier alpha value is -2.86. The van der Waals surface area contributed by atoms with Gasteiger partial charge in [-0.15, -0.1) is 0 Å². The minimum Gasteiger partial charge on any atom is -0.0801 e. The molecule has 0 fully saturated rings. The van der Waals surface area contributed by atoms with Gasteiger partial charge in [0.2, 0.25) is 0 Å². The smallest absolute Gasteiger partial charge is 0.0168 e. The van der Waals surface area contributed by atoms with Crippen molar-refractivity contribution in [3.05, 3.63) is 113 Å². The number of hydrogen-bond donors (Lipinski definition) is 0. The summed E-state index contributed by atoms with van der Waals surface area (Å²) in [5.41, 5.74) is 9.97. The Morgan fingerprint density at radius 3 is 1.96 bits per heavy atom. The fraction of sp³-hybridized carbons (Fsp3) is 0.214. The first-order valence-electron chi connectivity index (χ1n) is 9.99. The molecule has 0 saturated heterocycles. The Morgan fingerprint density at radius 1 is 0.750 bits per heavy atom. The lowest BCUT2D eigenvalue weighted by molar-refractivity contribution is 0.620. The molecule has 3 aromatic rings. The second-order valence-corrected chi connectivity index (χ2v) is 7.97. The Balaban J connectivity index is 1.68. The standard InChI is InChI=1S/C28H26/c1-19-5-10-23(11-6-19)25-15-16-27(22(4)17-25)28-18-26(14-9-21(28)3)24-12-7-20(2)8-13-24/h5-15,17,21,28H,1-4H3. The largest absolute Gasteiger partial charge is 0.0801 e. The third-order valence-electron chi connectivity index (χ3n) is 5.64. The van der Waals surface area contributed by atoms with E-state index in [1.165, 1.54) is 44.5 Å². The van der Waals surface area contributed by atoms with Crippen LogP contribution in [0, 0.1) is 38.8 Å². The van der Waals surface area contributed by atoms with E-state index < -0.39 is 0 Å². The molecule has 0 nitrogen and oxygen atoms in total. The molecule has 0 aromatic heterocycles. The topological polar surface area (TPSA) is 0 Å². The molecule has 0 heterocycles. The average Bonchev–Trinajstić information content (AvgIpc) is 2.70. The summed E-state index contributed by atoms with van der Waals surface area (Å²) < 4.78 is 0. The summed E-state index contributed by atoms with van der Waals surface area (Å²) in [6.07, 6.45) is 8.27. The van der Waals surface area contributed by atoms with E-state index in [9.17, 15) is 0 Å². The maximum atomic E-state index is 3.76. The highest BCUT2D eigenvalue weighted by molar-refractivity contribution is 5.74. The van der Waals surface area contributed by atoms with Gasteiger partial charge in [-0.2, -0.15) is 0 Å². The number of aryl methyl sites for hydroxylation is 3. The van der Waals surface area contributed by atoms with Gasteiger partial charge in [-0.05, 0) is 78.3 Å². The van der Waals surface area contributed by atoms with Gasteiger partial charge in [0.25, 0.3) is 0 Å². The van der Waals surface area contributed by atoms with Gasteiger partial charge in [0, 0.05) is 5.92 Å². The predicted octanol–water partition coefficient (Wildman–Crippen LogP) is 7.26. The van der Waals surface area contributed by atoms with Gasteiger partial charge in [0.1, 0.15) is 0 Å². The number of benzene rings is 3. The van der Waals surface area contributed by atoms with E-state index in [2.05, 4.69) is 113 Å². The minimum atomic E-state index is 0.230. The van der Waals surface area contributed by atoms with Crippen LogP contribution in [0.4, 0.5) is 0 Å². The van der Waals surface area contributed by atoms with E-state index in [4.69, 9.17) is 0 Å². The summed E-state index contributed by atoms with van der Waals surface area (Å²) >= 11 is 0.